The number of rotatable bonds is 2. The summed E-state index contributed by atoms with van der Waals surface area (Å²) in [5.74, 6) is -5.56. The van der Waals surface area contributed by atoms with E-state index in [2.05, 4.69) is 4.74 Å². The maximum absolute atomic E-state index is 11.7. The Hall–Kier alpha value is -0.930. The van der Waals surface area contributed by atoms with Gasteiger partial charge < -0.3 is 55.4 Å². The smallest absolute Gasteiger partial charge is 0.344 e. The quantitative estimate of drug-likeness (QED) is 0.226. The molecule has 2 aliphatic rings. The number of aliphatic hydroxyl groups is 8. The van der Waals surface area contributed by atoms with Crippen molar-refractivity contribution in [2.24, 2.45) is 0 Å². The lowest BCUT2D eigenvalue weighted by Crippen LogP contribution is -2.82. The molecule has 2 heterocycles. The van der Waals surface area contributed by atoms with Crippen molar-refractivity contribution in [1.29, 1.82) is 0 Å². The molecule has 1 unspecified atom stereocenters. The van der Waals surface area contributed by atoms with Crippen molar-refractivity contribution in [2.75, 3.05) is 0 Å². The van der Waals surface area contributed by atoms with Crippen molar-refractivity contribution in [3.05, 3.63) is 0 Å². The molecule has 2 aliphatic heterocycles. The number of carboxylic acids is 1. The lowest BCUT2D eigenvalue weighted by atomic mass is 9.74. The minimum atomic E-state index is -3.39. The zero-order valence-electron chi connectivity index (χ0n) is 12.4. The minimum absolute atomic E-state index is 1.12. The van der Waals surface area contributed by atoms with Gasteiger partial charge in [0.15, 0.2) is 6.29 Å². The molecule has 0 bridgehead atoms. The minimum Gasteiger partial charge on any atom is -0.479 e. The molecule has 24 heavy (non-hydrogen) atoms. The third-order valence-electron chi connectivity index (χ3n) is 4.46. The Kier molecular flexibility index (Phi) is 4.93. The average molecular weight is 356 g/mol. The van der Waals surface area contributed by atoms with E-state index in [0.29, 0.717) is 0 Å². The first kappa shape index (κ1) is 19.4. The molecule has 0 saturated carbocycles. The third kappa shape index (κ3) is 2.35. The zero-order valence-corrected chi connectivity index (χ0v) is 12.4. The van der Waals surface area contributed by atoms with Crippen molar-refractivity contribution in [1.82, 2.24) is 0 Å². The first-order valence-corrected chi connectivity index (χ1v) is 6.99. The fraction of sp³-hybridized carbons (Fsp3) is 0.917. The lowest BCUT2D eigenvalue weighted by molar-refractivity contribution is -0.440. The Morgan fingerprint density at radius 2 is 1.33 bits per heavy atom. The van der Waals surface area contributed by atoms with Gasteiger partial charge in [-0.25, -0.2) is 4.79 Å². The van der Waals surface area contributed by atoms with Gasteiger partial charge in [0, 0.05) is 0 Å². The van der Waals surface area contributed by atoms with E-state index in [1.54, 1.807) is 0 Å². The monoisotopic (exact) mass is 356 g/mol. The average Bonchev–Trinajstić information content (AvgIpc) is 2.52. The summed E-state index contributed by atoms with van der Waals surface area (Å²) in [5, 5.41) is 88.5. The van der Waals surface area contributed by atoms with Crippen LogP contribution in [0.15, 0.2) is 0 Å². The van der Waals surface area contributed by atoms with E-state index in [0.717, 1.165) is 6.92 Å². The van der Waals surface area contributed by atoms with Crippen LogP contribution in [0, 0.1) is 0 Å². The molecule has 140 valence electrons. The summed E-state index contributed by atoms with van der Waals surface area (Å²) in [4.78, 5) is 11.7. The summed E-state index contributed by atoms with van der Waals surface area (Å²) in [5.41, 5.74) is -3.39. The molecule has 0 spiro atoms. The molecule has 0 aromatic rings. The molecule has 2 rings (SSSR count). The highest BCUT2D eigenvalue weighted by atomic mass is 16.7. The van der Waals surface area contributed by atoms with Crippen LogP contribution in [0.25, 0.3) is 0 Å². The second-order valence-corrected chi connectivity index (χ2v) is 5.92. The van der Waals surface area contributed by atoms with Gasteiger partial charge in [0.1, 0.15) is 36.6 Å². The predicted octanol–water partition coefficient (Wildman–Crippen LogP) is -5.57. The van der Waals surface area contributed by atoms with Gasteiger partial charge in [0.2, 0.25) is 5.79 Å². The fourth-order valence-corrected chi connectivity index (χ4v) is 2.98. The van der Waals surface area contributed by atoms with Gasteiger partial charge >= 0.3 is 5.97 Å². The zero-order chi connectivity index (χ0) is 18.6. The molecule has 0 aliphatic carbocycles. The van der Waals surface area contributed by atoms with E-state index < -0.39 is 66.4 Å². The van der Waals surface area contributed by atoms with Crippen LogP contribution in [-0.4, -0.2) is 112 Å². The highest BCUT2D eigenvalue weighted by molar-refractivity contribution is 5.80. The largest absolute Gasteiger partial charge is 0.479 e. The van der Waals surface area contributed by atoms with E-state index in [1.807, 2.05) is 0 Å². The topological polar surface area (TPSA) is 218 Å². The van der Waals surface area contributed by atoms with E-state index >= 15 is 0 Å². The molecule has 2 fully saturated rings. The normalized spacial score (nSPS) is 56.0. The number of ether oxygens (including phenoxy) is 2. The summed E-state index contributed by atoms with van der Waals surface area (Å²) < 4.78 is 9.54. The van der Waals surface area contributed by atoms with Crippen LogP contribution in [0.1, 0.15) is 6.92 Å². The molecule has 0 amide bonds. The first-order chi connectivity index (χ1) is 10.9. The van der Waals surface area contributed by atoms with Gasteiger partial charge in [-0.3, -0.25) is 0 Å². The molecule has 12 heteroatoms. The van der Waals surface area contributed by atoms with Crippen LogP contribution >= 0.6 is 0 Å². The number of carbonyl (C=O) groups is 1. The van der Waals surface area contributed by atoms with E-state index in [-0.39, 0.29) is 0 Å². The van der Waals surface area contributed by atoms with Crippen LogP contribution in [0.4, 0.5) is 0 Å². The van der Waals surface area contributed by atoms with Crippen molar-refractivity contribution >= 4 is 5.97 Å². The summed E-state index contributed by atoms with van der Waals surface area (Å²) in [6.45, 7) is 1.12. The summed E-state index contributed by atoms with van der Waals surface area (Å²) in [7, 11) is 0. The van der Waals surface area contributed by atoms with Gasteiger partial charge in [0.25, 0.3) is 5.60 Å². The van der Waals surface area contributed by atoms with Crippen molar-refractivity contribution in [3.63, 3.8) is 0 Å². The Balaban J connectivity index is 2.59. The van der Waals surface area contributed by atoms with Crippen LogP contribution in [-0.2, 0) is 14.3 Å². The van der Waals surface area contributed by atoms with E-state index in [1.165, 1.54) is 0 Å². The lowest BCUT2D eigenvalue weighted by Gasteiger charge is -2.56. The fourth-order valence-electron chi connectivity index (χ4n) is 2.98. The summed E-state index contributed by atoms with van der Waals surface area (Å²) in [6, 6.07) is 0. The van der Waals surface area contributed by atoms with Gasteiger partial charge in [-0.05, 0) is 6.92 Å². The Bertz CT molecular complexity index is 500. The van der Waals surface area contributed by atoms with Gasteiger partial charge in [0.05, 0.1) is 6.10 Å². The maximum atomic E-state index is 11.7. The molecular weight excluding hydrogens is 336 g/mol. The van der Waals surface area contributed by atoms with E-state index in [9.17, 15) is 50.8 Å². The molecule has 0 radical (unpaired) electrons. The van der Waals surface area contributed by atoms with E-state index in [4.69, 9.17) is 4.74 Å². The molecule has 9 N–H and O–H groups in total. The number of hydrogen-bond acceptors (Lipinski definition) is 11. The maximum Gasteiger partial charge on any atom is 0.344 e. The standard InChI is InChI=1S/C12H20O12/c1-2-3(13)4(14)8(18)12(22,23-2)11(10(20)21)7(17)5(15)6(16)9(19)24-11/h2-9,13-19,22H,1H3,(H,20,21)/t2-,3-,4+,5-,6-,7-,8+,9+,11+,12?/m0/s1. The van der Waals surface area contributed by atoms with Crippen LogP contribution < -0.4 is 0 Å². The van der Waals surface area contributed by atoms with Crippen LogP contribution in [0.5, 0.6) is 0 Å². The Morgan fingerprint density at radius 3 is 1.83 bits per heavy atom. The second kappa shape index (κ2) is 6.10. The van der Waals surface area contributed by atoms with Crippen LogP contribution in [0.3, 0.4) is 0 Å². The molecule has 2 saturated heterocycles. The number of hydrogen-bond donors (Lipinski definition) is 9. The van der Waals surface area contributed by atoms with Gasteiger partial charge in [-0.15, -0.1) is 0 Å². The number of carboxylic acid groups (broad SMARTS) is 1. The highest BCUT2D eigenvalue weighted by Crippen LogP contribution is 2.44. The van der Waals surface area contributed by atoms with Crippen molar-refractivity contribution < 1.29 is 60.2 Å². The molecular formula is C12H20O12. The highest BCUT2D eigenvalue weighted by Gasteiger charge is 2.75. The summed E-state index contributed by atoms with van der Waals surface area (Å²) >= 11 is 0. The summed E-state index contributed by atoms with van der Waals surface area (Å²) in [6.07, 6.45) is -17.1. The number of aliphatic hydroxyl groups excluding tert-OH is 7. The number of aliphatic carboxylic acids is 1. The molecule has 10 atom stereocenters. The van der Waals surface area contributed by atoms with Gasteiger partial charge in [-0.1, -0.05) is 0 Å². The van der Waals surface area contributed by atoms with Crippen molar-refractivity contribution in [2.45, 2.75) is 67.3 Å². The second-order valence-electron chi connectivity index (χ2n) is 5.92. The van der Waals surface area contributed by atoms with Crippen LogP contribution in [0.2, 0.25) is 0 Å². The third-order valence-corrected chi connectivity index (χ3v) is 4.46. The van der Waals surface area contributed by atoms with Crippen molar-refractivity contribution in [3.8, 4) is 0 Å². The predicted molar refractivity (Wildman–Crippen MR) is 69.0 cm³/mol. The molecule has 0 aromatic carbocycles. The van der Waals surface area contributed by atoms with Gasteiger partial charge in [-0.2, -0.15) is 0 Å². The molecule has 12 nitrogen and oxygen atoms in total. The molecule has 0 aromatic heterocycles. The Labute approximate surface area is 134 Å². The Morgan fingerprint density at radius 1 is 0.833 bits per heavy atom. The first-order valence-electron chi connectivity index (χ1n) is 6.99. The SMILES string of the molecule is C[C@@H]1OC(O)([C@@]2(C(=O)O)O[C@@H](O)[C@@H](O)[C@H](O)[C@@H]2O)[C@H](O)[C@H](O)[C@H]1O.